The molecule has 2 aromatic rings. The van der Waals surface area contributed by atoms with Gasteiger partial charge in [0.05, 0.1) is 13.1 Å². The first-order chi connectivity index (χ1) is 15.8. The molecule has 2 N–H and O–H groups in total. The standard InChI is InChI=1S/C25H28F3IN2O2/c26-21-9-8-19(20(23(21)28)10-17-6-7-18(29)11-22(17)27)24(32)31-14-25(33,15-31)13-30-12-16-4-2-1-3-5-16/h6-9,11,16,30,33H,1-5,10,12-15H2. The number of β-amino-alcohol motifs (C(OH)–C–C–N with tert-alkyl or cyclic N) is 1. The van der Waals surface area contributed by atoms with E-state index in [-0.39, 0.29) is 36.2 Å². The van der Waals surface area contributed by atoms with Gasteiger partial charge in [-0.05, 0) is 77.7 Å². The second kappa shape index (κ2) is 10.3. The zero-order chi connectivity index (χ0) is 23.6. The normalized spacial score (nSPS) is 18.3. The average molecular weight is 572 g/mol. The number of hydrogen-bond acceptors (Lipinski definition) is 3. The average Bonchev–Trinajstić information content (AvgIpc) is 2.77. The van der Waals surface area contributed by atoms with Gasteiger partial charge in [0, 0.05) is 27.7 Å². The minimum Gasteiger partial charge on any atom is -0.385 e. The van der Waals surface area contributed by atoms with Crippen LogP contribution in [0.2, 0.25) is 0 Å². The highest BCUT2D eigenvalue weighted by atomic mass is 127. The molecule has 8 heteroatoms. The Morgan fingerprint density at radius 3 is 2.52 bits per heavy atom. The van der Waals surface area contributed by atoms with Crippen LogP contribution in [0.5, 0.6) is 0 Å². The van der Waals surface area contributed by atoms with Crippen molar-refractivity contribution in [2.24, 2.45) is 5.92 Å². The molecule has 0 unspecified atom stereocenters. The number of halogens is 4. The summed E-state index contributed by atoms with van der Waals surface area (Å²) in [4.78, 5) is 14.5. The fraction of sp³-hybridized carbons (Fsp3) is 0.480. The van der Waals surface area contributed by atoms with E-state index in [9.17, 15) is 23.1 Å². The van der Waals surface area contributed by atoms with Gasteiger partial charge in [0.25, 0.3) is 5.91 Å². The lowest BCUT2D eigenvalue weighted by molar-refractivity contribution is -0.0789. The van der Waals surface area contributed by atoms with Crippen LogP contribution in [0.15, 0.2) is 30.3 Å². The van der Waals surface area contributed by atoms with Crippen LogP contribution in [0.4, 0.5) is 13.2 Å². The van der Waals surface area contributed by atoms with Gasteiger partial charge >= 0.3 is 0 Å². The Bertz CT molecular complexity index is 1020. The topological polar surface area (TPSA) is 52.6 Å². The lowest BCUT2D eigenvalue weighted by Gasteiger charge is -2.47. The maximum absolute atomic E-state index is 14.7. The number of aliphatic hydroxyl groups is 1. The van der Waals surface area contributed by atoms with E-state index in [2.05, 4.69) is 5.32 Å². The number of likely N-dealkylation sites (tertiary alicyclic amines) is 1. The van der Waals surface area contributed by atoms with Gasteiger partial charge in [-0.2, -0.15) is 0 Å². The van der Waals surface area contributed by atoms with E-state index in [1.165, 1.54) is 55.2 Å². The summed E-state index contributed by atoms with van der Waals surface area (Å²) in [5.74, 6) is -2.63. The third-order valence-electron chi connectivity index (χ3n) is 6.68. The number of carbonyl (C=O) groups excluding carboxylic acids is 1. The second-order valence-electron chi connectivity index (χ2n) is 9.32. The van der Waals surface area contributed by atoms with Crippen molar-refractivity contribution < 1.29 is 23.1 Å². The zero-order valence-electron chi connectivity index (χ0n) is 18.3. The quantitative estimate of drug-likeness (QED) is 0.475. The van der Waals surface area contributed by atoms with Crippen molar-refractivity contribution in [3.63, 3.8) is 0 Å². The second-order valence-corrected chi connectivity index (χ2v) is 10.6. The first kappa shape index (κ1) is 24.5. The zero-order valence-corrected chi connectivity index (χ0v) is 20.5. The molecule has 2 fully saturated rings. The molecule has 1 aliphatic carbocycles. The summed E-state index contributed by atoms with van der Waals surface area (Å²) in [6.07, 6.45) is 5.96. The van der Waals surface area contributed by atoms with Crippen LogP contribution in [0.25, 0.3) is 0 Å². The summed E-state index contributed by atoms with van der Waals surface area (Å²) in [6.45, 7) is 1.45. The van der Waals surface area contributed by atoms with Crippen molar-refractivity contribution in [2.75, 3.05) is 26.2 Å². The summed E-state index contributed by atoms with van der Waals surface area (Å²) >= 11 is 1.97. The monoisotopic (exact) mass is 572 g/mol. The number of carbonyl (C=O) groups is 1. The first-order valence-electron chi connectivity index (χ1n) is 11.4. The summed E-state index contributed by atoms with van der Waals surface area (Å²) < 4.78 is 43.6. The van der Waals surface area contributed by atoms with Gasteiger partial charge in [-0.25, -0.2) is 13.2 Å². The molecular weight excluding hydrogens is 544 g/mol. The molecule has 1 aliphatic heterocycles. The van der Waals surface area contributed by atoms with Gasteiger partial charge in [0.15, 0.2) is 11.6 Å². The van der Waals surface area contributed by atoms with Crippen LogP contribution in [-0.2, 0) is 6.42 Å². The van der Waals surface area contributed by atoms with Crippen molar-refractivity contribution >= 4 is 28.5 Å². The summed E-state index contributed by atoms with van der Waals surface area (Å²) in [5, 5.41) is 14.1. The first-order valence-corrected chi connectivity index (χ1v) is 12.5. The van der Waals surface area contributed by atoms with Gasteiger partial charge in [-0.15, -0.1) is 0 Å². The van der Waals surface area contributed by atoms with E-state index >= 15 is 0 Å². The molecule has 0 atom stereocenters. The number of amides is 1. The Balaban J connectivity index is 1.41. The number of nitrogens with zero attached hydrogens (tertiary/aromatic N) is 1. The lowest BCUT2D eigenvalue weighted by Crippen LogP contribution is -2.67. The smallest absolute Gasteiger partial charge is 0.254 e. The van der Waals surface area contributed by atoms with Gasteiger partial charge in [0.2, 0.25) is 0 Å². The highest BCUT2D eigenvalue weighted by Crippen LogP contribution is 2.28. The predicted octanol–water partition coefficient (Wildman–Crippen LogP) is 4.66. The fourth-order valence-electron chi connectivity index (χ4n) is 4.81. The van der Waals surface area contributed by atoms with Crippen LogP contribution in [0.3, 0.4) is 0 Å². The van der Waals surface area contributed by atoms with E-state index in [0.717, 1.165) is 12.6 Å². The molecule has 1 heterocycles. The van der Waals surface area contributed by atoms with Crippen molar-refractivity contribution in [1.29, 1.82) is 0 Å². The highest BCUT2D eigenvalue weighted by molar-refractivity contribution is 14.1. The number of nitrogens with one attached hydrogen (secondary N) is 1. The van der Waals surface area contributed by atoms with E-state index in [4.69, 9.17) is 0 Å². The van der Waals surface area contributed by atoms with Crippen LogP contribution in [0.1, 0.15) is 53.6 Å². The number of rotatable bonds is 7. The van der Waals surface area contributed by atoms with Crippen LogP contribution in [0, 0.1) is 26.9 Å². The molecular formula is C25H28F3IN2O2. The Kier molecular flexibility index (Phi) is 7.65. The Labute approximate surface area is 205 Å². The van der Waals surface area contributed by atoms with Crippen molar-refractivity contribution in [3.8, 4) is 0 Å². The van der Waals surface area contributed by atoms with Crippen LogP contribution >= 0.6 is 22.6 Å². The molecule has 2 aromatic carbocycles. The van der Waals surface area contributed by atoms with E-state index in [0.29, 0.717) is 16.0 Å². The molecule has 0 spiro atoms. The molecule has 2 aliphatic rings. The molecule has 33 heavy (non-hydrogen) atoms. The third-order valence-corrected chi connectivity index (χ3v) is 7.35. The van der Waals surface area contributed by atoms with Crippen LogP contribution < -0.4 is 5.32 Å². The fourth-order valence-corrected chi connectivity index (χ4v) is 5.26. The Morgan fingerprint density at radius 1 is 1.09 bits per heavy atom. The molecule has 0 bridgehead atoms. The maximum Gasteiger partial charge on any atom is 0.254 e. The van der Waals surface area contributed by atoms with Crippen molar-refractivity contribution in [3.05, 3.63) is 68.0 Å². The van der Waals surface area contributed by atoms with Crippen molar-refractivity contribution in [2.45, 2.75) is 44.1 Å². The van der Waals surface area contributed by atoms with Crippen LogP contribution in [-0.4, -0.2) is 47.7 Å². The minimum atomic E-state index is -1.15. The van der Waals surface area contributed by atoms with Gasteiger partial charge in [0.1, 0.15) is 11.4 Å². The molecule has 1 saturated carbocycles. The molecule has 0 radical (unpaired) electrons. The predicted molar refractivity (Wildman–Crippen MR) is 129 cm³/mol. The molecule has 178 valence electrons. The van der Waals surface area contributed by atoms with Crippen molar-refractivity contribution in [1.82, 2.24) is 10.2 Å². The van der Waals surface area contributed by atoms with E-state index < -0.39 is 29.0 Å². The maximum atomic E-state index is 14.7. The molecule has 4 nitrogen and oxygen atoms in total. The highest BCUT2D eigenvalue weighted by Gasteiger charge is 2.44. The van der Waals surface area contributed by atoms with Gasteiger partial charge < -0.3 is 15.3 Å². The van der Waals surface area contributed by atoms with E-state index in [1.807, 2.05) is 22.6 Å². The SMILES string of the molecule is O=C(c1ccc(F)c(F)c1Cc1ccc(I)cc1F)N1CC(O)(CNCC2CCCCC2)C1. The molecule has 0 aromatic heterocycles. The van der Waals surface area contributed by atoms with Gasteiger partial charge in [-0.1, -0.05) is 25.3 Å². The molecule has 4 rings (SSSR count). The molecule has 1 amide bonds. The Morgan fingerprint density at radius 2 is 1.82 bits per heavy atom. The summed E-state index contributed by atoms with van der Waals surface area (Å²) in [5.41, 5.74) is -1.04. The summed E-state index contributed by atoms with van der Waals surface area (Å²) in [7, 11) is 0. The largest absolute Gasteiger partial charge is 0.385 e. The lowest BCUT2D eigenvalue weighted by atomic mass is 9.88. The summed E-state index contributed by atoms with van der Waals surface area (Å²) in [6, 6.07) is 6.64. The van der Waals surface area contributed by atoms with E-state index in [1.54, 1.807) is 6.07 Å². The Hall–Kier alpha value is -1.65. The third kappa shape index (κ3) is 5.71. The number of benzene rings is 2. The molecule has 1 saturated heterocycles. The number of hydrogen-bond donors (Lipinski definition) is 2. The van der Waals surface area contributed by atoms with Gasteiger partial charge in [-0.3, -0.25) is 4.79 Å². The minimum absolute atomic E-state index is 0.0101.